The quantitative estimate of drug-likeness (QED) is 0.259. The van der Waals surface area contributed by atoms with Gasteiger partial charge in [0.2, 0.25) is 11.8 Å². The third kappa shape index (κ3) is 6.83. The van der Waals surface area contributed by atoms with E-state index in [0.29, 0.717) is 24.4 Å². The number of aromatic nitrogens is 2. The lowest BCUT2D eigenvalue weighted by atomic mass is 9.90. The number of nitrogens with one attached hydrogen (secondary N) is 2. The van der Waals surface area contributed by atoms with Crippen LogP contribution in [0.4, 0.5) is 4.79 Å². The molecule has 9 nitrogen and oxygen atoms in total. The Balaban J connectivity index is 1.53. The van der Waals surface area contributed by atoms with E-state index in [9.17, 15) is 14.4 Å². The number of rotatable bonds is 7. The monoisotopic (exact) mass is 593 g/mol. The maximum absolute atomic E-state index is 14.6. The van der Waals surface area contributed by atoms with E-state index in [1.165, 1.54) is 0 Å². The van der Waals surface area contributed by atoms with Crippen LogP contribution in [0.2, 0.25) is 0 Å². The number of ether oxygens (including phenoxy) is 1. The molecule has 0 radical (unpaired) electrons. The summed E-state index contributed by atoms with van der Waals surface area (Å²) < 4.78 is 5.57. The van der Waals surface area contributed by atoms with Crippen molar-refractivity contribution in [3.05, 3.63) is 112 Å². The molecule has 4 N–H and O–H groups in total. The molecule has 9 heteroatoms. The fourth-order valence-corrected chi connectivity index (χ4v) is 5.77. The molecule has 44 heavy (non-hydrogen) atoms. The Morgan fingerprint density at radius 1 is 1.02 bits per heavy atom. The van der Waals surface area contributed by atoms with Gasteiger partial charge in [-0.05, 0) is 74.6 Å². The molecule has 2 atom stereocenters. The first-order chi connectivity index (χ1) is 20.9. The number of nitrogens with zero attached hydrogens (tertiary/aromatic N) is 2. The van der Waals surface area contributed by atoms with Crippen LogP contribution in [-0.2, 0) is 28.9 Å². The first kappa shape index (κ1) is 30.5. The zero-order valence-corrected chi connectivity index (χ0v) is 25.8. The highest BCUT2D eigenvalue weighted by Crippen LogP contribution is 2.34. The molecule has 2 heterocycles. The molecule has 1 aromatic heterocycles. The molecule has 5 rings (SSSR count). The highest BCUT2D eigenvalue weighted by atomic mass is 16.6. The number of amides is 3. The van der Waals surface area contributed by atoms with Gasteiger partial charge in [-0.25, -0.2) is 9.78 Å². The molecular formula is C35H39N5O4. The van der Waals surface area contributed by atoms with Crippen molar-refractivity contribution < 1.29 is 19.1 Å². The van der Waals surface area contributed by atoms with E-state index in [4.69, 9.17) is 15.5 Å². The number of aromatic amines is 1. The molecule has 3 amide bonds. The summed E-state index contributed by atoms with van der Waals surface area (Å²) in [5.41, 5.74) is 11.6. The van der Waals surface area contributed by atoms with Crippen molar-refractivity contribution in [3.8, 4) is 11.3 Å². The van der Waals surface area contributed by atoms with Crippen LogP contribution in [0.1, 0.15) is 70.8 Å². The lowest BCUT2D eigenvalue weighted by Crippen LogP contribution is -2.52. The summed E-state index contributed by atoms with van der Waals surface area (Å²) in [6.45, 7) is 9.43. The summed E-state index contributed by atoms with van der Waals surface area (Å²) in [7, 11) is 0. The van der Waals surface area contributed by atoms with Crippen LogP contribution in [0.3, 0.4) is 0 Å². The van der Waals surface area contributed by atoms with Gasteiger partial charge in [-0.3, -0.25) is 9.59 Å². The van der Waals surface area contributed by atoms with Crippen molar-refractivity contribution in [2.24, 2.45) is 5.73 Å². The summed E-state index contributed by atoms with van der Waals surface area (Å²) in [5.74, 6) is -0.114. The lowest BCUT2D eigenvalue weighted by molar-refractivity contribution is -0.137. The fraction of sp³-hybridized carbons (Fsp3) is 0.314. The Bertz CT molecular complexity index is 1670. The number of hydrogen-bond donors (Lipinski definition) is 3. The molecule has 0 fully saturated rings. The number of aryl methyl sites for hydroxylation is 2. The number of H-pyrrole nitrogens is 1. The number of hydrogen-bond acceptors (Lipinski definition) is 5. The van der Waals surface area contributed by atoms with Crippen LogP contribution < -0.4 is 11.1 Å². The number of primary amides is 1. The SMILES string of the molecule is Cc1cc(C(N)=O)cc(C)c1CC(NC(=O)OC(C)(C)C)C(=O)N1Cc2ccccc2CC1c1nc(-c2ccccc2)c[nH]1. The van der Waals surface area contributed by atoms with Crippen molar-refractivity contribution in [2.45, 2.75) is 71.7 Å². The minimum absolute atomic E-state index is 0.201. The van der Waals surface area contributed by atoms with Crippen LogP contribution >= 0.6 is 0 Å². The smallest absolute Gasteiger partial charge is 0.408 e. The van der Waals surface area contributed by atoms with Gasteiger partial charge in [0, 0.05) is 36.7 Å². The standard InChI is InChI=1S/C35H39N5O4/c1-21-15-26(31(36)41)16-22(2)27(21)18-28(39-34(43)44-35(3,4)5)33(42)40-20-25-14-10-9-13-24(25)17-30(40)32-37-19-29(38-32)23-11-7-6-8-12-23/h6-16,19,28,30H,17-18,20H2,1-5H3,(H2,36,41)(H,37,38)(H,39,43). The highest BCUT2D eigenvalue weighted by molar-refractivity contribution is 5.93. The van der Waals surface area contributed by atoms with Gasteiger partial charge in [0.15, 0.2) is 0 Å². The minimum atomic E-state index is -0.946. The third-order valence-electron chi connectivity index (χ3n) is 7.89. The predicted octanol–water partition coefficient (Wildman–Crippen LogP) is 5.55. The minimum Gasteiger partial charge on any atom is -0.444 e. The summed E-state index contributed by atoms with van der Waals surface area (Å²) in [5, 5.41) is 2.86. The van der Waals surface area contributed by atoms with E-state index < -0.39 is 29.7 Å². The first-order valence-corrected chi connectivity index (χ1v) is 14.8. The molecule has 4 aromatic rings. The van der Waals surface area contributed by atoms with Crippen LogP contribution in [0.25, 0.3) is 11.3 Å². The van der Waals surface area contributed by atoms with Gasteiger partial charge in [-0.2, -0.15) is 0 Å². The predicted molar refractivity (Wildman–Crippen MR) is 169 cm³/mol. The second-order valence-electron chi connectivity index (χ2n) is 12.3. The van der Waals surface area contributed by atoms with E-state index in [0.717, 1.165) is 39.1 Å². The summed E-state index contributed by atoms with van der Waals surface area (Å²) >= 11 is 0. The molecule has 1 aliphatic heterocycles. The number of benzene rings is 3. The number of nitrogens with two attached hydrogens (primary N) is 1. The average Bonchev–Trinajstić information content (AvgIpc) is 3.47. The number of carbonyl (C=O) groups is 3. The number of alkyl carbamates (subject to hydrolysis) is 1. The van der Waals surface area contributed by atoms with Gasteiger partial charge >= 0.3 is 6.09 Å². The van der Waals surface area contributed by atoms with E-state index in [1.807, 2.05) is 68.6 Å². The first-order valence-electron chi connectivity index (χ1n) is 14.8. The number of imidazole rings is 1. The van der Waals surface area contributed by atoms with Crippen molar-refractivity contribution in [1.82, 2.24) is 20.2 Å². The Morgan fingerprint density at radius 3 is 2.30 bits per heavy atom. The lowest BCUT2D eigenvalue weighted by Gasteiger charge is -2.38. The molecule has 0 spiro atoms. The topological polar surface area (TPSA) is 130 Å². The van der Waals surface area contributed by atoms with Crippen molar-refractivity contribution in [3.63, 3.8) is 0 Å². The van der Waals surface area contributed by atoms with Crippen molar-refractivity contribution >= 4 is 17.9 Å². The number of fused-ring (bicyclic) bond motifs is 1. The Hall–Kier alpha value is -4.92. The summed E-state index contributed by atoms with van der Waals surface area (Å²) in [6.07, 6.45) is 1.94. The normalized spacial score (nSPS) is 15.3. The maximum Gasteiger partial charge on any atom is 0.408 e. The zero-order chi connectivity index (χ0) is 31.6. The van der Waals surface area contributed by atoms with Gasteiger partial charge in [0.1, 0.15) is 17.5 Å². The molecular weight excluding hydrogens is 554 g/mol. The number of carbonyl (C=O) groups excluding carboxylic acids is 3. The Kier molecular flexibility index (Phi) is 8.58. The molecule has 0 saturated heterocycles. The van der Waals surface area contributed by atoms with Gasteiger partial charge < -0.3 is 25.7 Å². The summed E-state index contributed by atoms with van der Waals surface area (Å²) in [6, 6.07) is 20.0. The maximum atomic E-state index is 14.6. The molecule has 2 unspecified atom stereocenters. The largest absolute Gasteiger partial charge is 0.444 e. The van der Waals surface area contributed by atoms with Crippen LogP contribution in [-0.4, -0.2) is 44.4 Å². The molecule has 0 saturated carbocycles. The van der Waals surface area contributed by atoms with Gasteiger partial charge in [0.05, 0.1) is 11.7 Å². The molecule has 228 valence electrons. The Labute approximate surface area is 257 Å². The van der Waals surface area contributed by atoms with Crippen LogP contribution in [0.15, 0.2) is 72.9 Å². The summed E-state index contributed by atoms with van der Waals surface area (Å²) in [4.78, 5) is 49.6. The van der Waals surface area contributed by atoms with E-state index in [1.54, 1.807) is 37.8 Å². The zero-order valence-electron chi connectivity index (χ0n) is 25.8. The highest BCUT2D eigenvalue weighted by Gasteiger charge is 2.37. The fourth-order valence-electron chi connectivity index (χ4n) is 5.77. The molecule has 0 aliphatic carbocycles. The van der Waals surface area contributed by atoms with Crippen LogP contribution in [0.5, 0.6) is 0 Å². The second kappa shape index (κ2) is 12.4. The van der Waals surface area contributed by atoms with Crippen LogP contribution in [0, 0.1) is 13.8 Å². The molecule has 1 aliphatic rings. The third-order valence-corrected chi connectivity index (χ3v) is 7.89. The van der Waals surface area contributed by atoms with Gasteiger partial charge in [0.25, 0.3) is 0 Å². The van der Waals surface area contributed by atoms with Crippen molar-refractivity contribution in [2.75, 3.05) is 0 Å². The Morgan fingerprint density at radius 2 is 1.66 bits per heavy atom. The van der Waals surface area contributed by atoms with Gasteiger partial charge in [-0.15, -0.1) is 0 Å². The van der Waals surface area contributed by atoms with E-state index in [-0.39, 0.29) is 12.3 Å². The average molecular weight is 594 g/mol. The van der Waals surface area contributed by atoms with E-state index >= 15 is 0 Å². The molecule has 0 bridgehead atoms. The second-order valence-corrected chi connectivity index (χ2v) is 12.3. The van der Waals surface area contributed by atoms with E-state index in [2.05, 4.69) is 16.4 Å². The molecule has 3 aromatic carbocycles. The van der Waals surface area contributed by atoms with Crippen molar-refractivity contribution in [1.29, 1.82) is 0 Å². The van der Waals surface area contributed by atoms with Gasteiger partial charge in [-0.1, -0.05) is 54.6 Å².